The predicted octanol–water partition coefficient (Wildman–Crippen LogP) is 8.05. The molecule has 3 N–H and O–H groups in total. The highest BCUT2D eigenvalue weighted by molar-refractivity contribution is 7.92. The van der Waals surface area contributed by atoms with E-state index >= 15 is 0 Å². The number of fused-ring (bicyclic) bond motifs is 1. The average Bonchev–Trinajstić information content (AvgIpc) is 3.18. The fraction of sp³-hybridized carbons (Fsp3) is 0.357. The molecule has 0 aliphatic heterocycles. The van der Waals surface area contributed by atoms with Crippen molar-refractivity contribution in [2.75, 3.05) is 82.6 Å². The summed E-state index contributed by atoms with van der Waals surface area (Å²) in [6.07, 6.45) is 2.98. The van der Waals surface area contributed by atoms with E-state index in [4.69, 9.17) is 44.8 Å². The van der Waals surface area contributed by atoms with Crippen LogP contribution in [0.5, 0.6) is 28.9 Å². The molecule has 15 nitrogen and oxygen atoms in total. The zero-order valence-electron chi connectivity index (χ0n) is 34.1. The molecular formula is C42H50ClN5O10S. The zero-order valence-corrected chi connectivity index (χ0v) is 35.7. The second-order valence-corrected chi connectivity index (χ2v) is 16.4. The van der Waals surface area contributed by atoms with Crippen LogP contribution in [-0.4, -0.2) is 91.6 Å². The van der Waals surface area contributed by atoms with Crippen molar-refractivity contribution >= 4 is 55.5 Å². The smallest absolute Gasteiger partial charge is 0.323 e. The molecule has 0 unspecified atom stereocenters. The Labute approximate surface area is 349 Å². The summed E-state index contributed by atoms with van der Waals surface area (Å²) in [5.41, 5.74) is 2.20. The SMILES string of the molecule is COCCOCCOCCOc1cc(Cc2nccc(Oc3ccc(NC(=O)Nc4cc(C(C)(C)C)cc(NS(C)(=O)=O)c4OC)c4ccccc34)n2)cc(OC)c1Cl. The van der Waals surface area contributed by atoms with E-state index in [1.54, 1.807) is 49.7 Å². The van der Waals surface area contributed by atoms with E-state index in [1.807, 2.05) is 51.1 Å². The molecule has 0 aliphatic carbocycles. The molecule has 5 aromatic rings. The molecule has 1 aromatic heterocycles. The number of methoxy groups -OCH3 is 3. The first-order chi connectivity index (χ1) is 28.2. The third-order valence-electron chi connectivity index (χ3n) is 8.67. The first kappa shape index (κ1) is 44.7. The van der Waals surface area contributed by atoms with Crippen LogP contribution in [0.1, 0.15) is 37.7 Å². The summed E-state index contributed by atoms with van der Waals surface area (Å²) in [4.78, 5) is 22.6. The number of sulfonamides is 1. The van der Waals surface area contributed by atoms with Gasteiger partial charge in [0.25, 0.3) is 0 Å². The van der Waals surface area contributed by atoms with Gasteiger partial charge in [0.2, 0.25) is 15.9 Å². The number of amides is 2. The summed E-state index contributed by atoms with van der Waals surface area (Å²) in [7, 11) is 0.907. The Morgan fingerprint density at radius 1 is 0.763 bits per heavy atom. The molecule has 0 saturated heterocycles. The molecule has 1 heterocycles. The number of carbonyl (C=O) groups excluding carboxylic acids is 1. The number of anilines is 3. The number of urea groups is 1. The van der Waals surface area contributed by atoms with Gasteiger partial charge in [-0.2, -0.15) is 4.98 Å². The van der Waals surface area contributed by atoms with Crippen molar-refractivity contribution in [1.82, 2.24) is 9.97 Å². The maximum Gasteiger partial charge on any atom is 0.323 e. The van der Waals surface area contributed by atoms with Gasteiger partial charge in [-0.25, -0.2) is 18.2 Å². The maximum absolute atomic E-state index is 13.5. The molecule has 0 fully saturated rings. The Morgan fingerprint density at radius 2 is 1.42 bits per heavy atom. The first-order valence-electron chi connectivity index (χ1n) is 18.6. The summed E-state index contributed by atoms with van der Waals surface area (Å²) in [6, 6.07) is 19.1. The van der Waals surface area contributed by atoms with Crippen LogP contribution in [0.4, 0.5) is 21.9 Å². The topological polar surface area (TPSA) is 178 Å². The van der Waals surface area contributed by atoms with Crippen molar-refractivity contribution in [3.05, 3.63) is 94.9 Å². The van der Waals surface area contributed by atoms with E-state index in [-0.39, 0.29) is 29.1 Å². The van der Waals surface area contributed by atoms with Crippen LogP contribution >= 0.6 is 11.6 Å². The largest absolute Gasteiger partial charge is 0.495 e. The minimum absolute atomic E-state index is 0.165. The van der Waals surface area contributed by atoms with Gasteiger partial charge in [-0.05, 0) is 52.9 Å². The van der Waals surface area contributed by atoms with Crippen LogP contribution in [-0.2, 0) is 36.1 Å². The predicted molar refractivity (Wildman–Crippen MR) is 229 cm³/mol. The fourth-order valence-electron chi connectivity index (χ4n) is 5.87. The molecule has 17 heteroatoms. The lowest BCUT2D eigenvalue weighted by Gasteiger charge is -2.24. The number of rotatable bonds is 20. The van der Waals surface area contributed by atoms with Crippen LogP contribution in [0.2, 0.25) is 5.02 Å². The highest BCUT2D eigenvalue weighted by Gasteiger charge is 2.23. The van der Waals surface area contributed by atoms with Gasteiger partial charge in [-0.1, -0.05) is 56.6 Å². The Bertz CT molecular complexity index is 2340. The molecule has 316 valence electrons. The van der Waals surface area contributed by atoms with Gasteiger partial charge in [-0.15, -0.1) is 0 Å². The Balaban J connectivity index is 1.29. The van der Waals surface area contributed by atoms with Crippen molar-refractivity contribution in [1.29, 1.82) is 0 Å². The van der Waals surface area contributed by atoms with Crippen LogP contribution in [0, 0.1) is 0 Å². The quantitative estimate of drug-likeness (QED) is 0.0643. The molecule has 4 aromatic carbocycles. The van der Waals surface area contributed by atoms with Gasteiger partial charge in [0.05, 0.1) is 70.6 Å². The van der Waals surface area contributed by atoms with Crippen molar-refractivity contribution in [2.45, 2.75) is 32.6 Å². The zero-order chi connectivity index (χ0) is 42.6. The van der Waals surface area contributed by atoms with Crippen LogP contribution in [0.25, 0.3) is 10.8 Å². The van der Waals surface area contributed by atoms with Crippen molar-refractivity contribution in [3.63, 3.8) is 0 Å². The minimum Gasteiger partial charge on any atom is -0.495 e. The summed E-state index contributed by atoms with van der Waals surface area (Å²) in [5, 5.41) is 7.50. The van der Waals surface area contributed by atoms with Gasteiger partial charge in [0.1, 0.15) is 34.7 Å². The molecule has 0 radical (unpaired) electrons. The van der Waals surface area contributed by atoms with Crippen molar-refractivity contribution < 1.29 is 46.4 Å². The molecule has 5 rings (SSSR count). The van der Waals surface area contributed by atoms with Gasteiger partial charge in [-0.3, -0.25) is 4.72 Å². The molecular weight excluding hydrogens is 802 g/mol. The summed E-state index contributed by atoms with van der Waals surface area (Å²) in [6.45, 7) is 8.46. The molecule has 0 spiro atoms. The van der Waals surface area contributed by atoms with Gasteiger partial charge < -0.3 is 43.8 Å². The normalized spacial score (nSPS) is 11.6. The molecule has 0 aliphatic rings. The van der Waals surface area contributed by atoms with E-state index in [2.05, 4.69) is 25.3 Å². The number of nitrogens with one attached hydrogen (secondary N) is 3. The number of nitrogens with zero attached hydrogens (tertiary/aromatic N) is 2. The average molecular weight is 852 g/mol. The molecule has 0 bridgehead atoms. The van der Waals surface area contributed by atoms with Gasteiger partial charge in [0, 0.05) is 36.6 Å². The number of carbonyl (C=O) groups is 1. The lowest BCUT2D eigenvalue weighted by molar-refractivity contribution is 0.0179. The third-order valence-corrected chi connectivity index (χ3v) is 9.63. The highest BCUT2D eigenvalue weighted by atomic mass is 35.5. The van der Waals surface area contributed by atoms with Crippen LogP contribution in [0.3, 0.4) is 0 Å². The Morgan fingerprint density at radius 3 is 2.10 bits per heavy atom. The van der Waals surface area contributed by atoms with Gasteiger partial charge >= 0.3 is 6.03 Å². The van der Waals surface area contributed by atoms with Crippen LogP contribution < -0.4 is 34.3 Å². The first-order valence-corrected chi connectivity index (χ1v) is 20.9. The summed E-state index contributed by atoms with van der Waals surface area (Å²) in [5.74, 6) is 2.34. The molecule has 0 saturated carbocycles. The summed E-state index contributed by atoms with van der Waals surface area (Å²) < 4.78 is 66.1. The number of ether oxygens (including phenoxy) is 7. The molecule has 0 atom stereocenters. The van der Waals surface area contributed by atoms with Gasteiger partial charge in [0.15, 0.2) is 5.75 Å². The highest BCUT2D eigenvalue weighted by Crippen LogP contribution is 2.40. The van der Waals surface area contributed by atoms with E-state index in [0.29, 0.717) is 89.9 Å². The number of benzene rings is 4. The van der Waals surface area contributed by atoms with Crippen LogP contribution in [0.15, 0.2) is 72.9 Å². The monoisotopic (exact) mass is 851 g/mol. The number of aromatic nitrogens is 2. The number of halogens is 1. The van der Waals surface area contributed by atoms with E-state index in [0.717, 1.165) is 17.4 Å². The number of hydrogen-bond acceptors (Lipinski definition) is 12. The van der Waals surface area contributed by atoms with Crippen molar-refractivity contribution in [3.8, 4) is 28.9 Å². The fourth-order valence-corrected chi connectivity index (χ4v) is 6.66. The van der Waals surface area contributed by atoms with Crippen molar-refractivity contribution in [2.24, 2.45) is 0 Å². The van der Waals surface area contributed by atoms with E-state index in [9.17, 15) is 13.2 Å². The second kappa shape index (κ2) is 20.5. The minimum atomic E-state index is -3.65. The Hall–Kier alpha value is -5.39. The lowest BCUT2D eigenvalue weighted by Crippen LogP contribution is -2.22. The van der Waals surface area contributed by atoms with E-state index in [1.165, 1.54) is 14.2 Å². The second-order valence-electron chi connectivity index (χ2n) is 14.2. The summed E-state index contributed by atoms with van der Waals surface area (Å²) >= 11 is 6.56. The Kier molecular flexibility index (Phi) is 15.6. The third kappa shape index (κ3) is 12.8. The molecule has 2 amide bonds. The standard InChI is InChI=1S/C42H50ClN5O10S/c1-42(2,3)28-25-32(40(54-6)33(26-28)48-59(7,50)51)46-41(49)45-31-12-13-34(30-11-9-8-10-29(30)31)58-38-14-15-44-37(47-38)24-27-22-35(53-5)39(43)36(23-27)57-21-20-56-19-18-55-17-16-52-4/h8-15,22-23,25-26,48H,16-21,24H2,1-7H3,(H2,45,46,49). The lowest BCUT2D eigenvalue weighted by atomic mass is 9.86. The molecule has 59 heavy (non-hydrogen) atoms. The maximum atomic E-state index is 13.5. The van der Waals surface area contributed by atoms with E-state index < -0.39 is 16.1 Å². The number of hydrogen-bond donors (Lipinski definition) is 3.